The van der Waals surface area contributed by atoms with Crippen molar-refractivity contribution in [2.45, 2.75) is 52.0 Å². The Morgan fingerprint density at radius 3 is 2.27 bits per heavy atom. The molecule has 3 aromatic rings. The number of rotatable bonds is 9. The van der Waals surface area contributed by atoms with E-state index in [-0.39, 0.29) is 24.4 Å². The number of aromatic nitrogens is 1. The normalized spacial score (nSPS) is 14.5. The number of benzene rings is 2. The fraction of sp³-hybridized carbons (Fsp3) is 0.357. The third kappa shape index (κ3) is 4.72. The van der Waals surface area contributed by atoms with Crippen molar-refractivity contribution in [1.82, 2.24) is 9.47 Å². The van der Waals surface area contributed by atoms with Gasteiger partial charge in [0.1, 0.15) is 12.6 Å². The highest BCUT2D eigenvalue weighted by molar-refractivity contribution is 6.00. The van der Waals surface area contributed by atoms with Crippen molar-refractivity contribution in [2.75, 3.05) is 18.0 Å². The van der Waals surface area contributed by atoms with Crippen molar-refractivity contribution >= 4 is 17.5 Å². The largest absolute Gasteiger partial charge is 0.333 e. The molecule has 4 rings (SSSR count). The molecule has 0 spiro atoms. The summed E-state index contributed by atoms with van der Waals surface area (Å²) in [5.74, 6) is 0.0216. The second-order valence-corrected chi connectivity index (χ2v) is 8.64. The Morgan fingerprint density at radius 1 is 0.848 bits per heavy atom. The van der Waals surface area contributed by atoms with E-state index < -0.39 is 0 Å². The Hall–Kier alpha value is -3.34. The first-order valence-corrected chi connectivity index (χ1v) is 12.1. The number of amides is 2. The summed E-state index contributed by atoms with van der Waals surface area (Å²) in [6.07, 6.45) is 6.24. The first-order chi connectivity index (χ1) is 16.2. The molecule has 0 fully saturated rings. The number of unbranched alkanes of at least 4 members (excludes halogenated alkanes) is 2. The van der Waals surface area contributed by atoms with Crippen LogP contribution in [0.4, 0.5) is 5.69 Å². The van der Waals surface area contributed by atoms with Crippen LogP contribution >= 0.6 is 0 Å². The number of para-hydroxylation sites is 2. The highest BCUT2D eigenvalue weighted by Gasteiger charge is 2.36. The zero-order valence-electron chi connectivity index (χ0n) is 19.6. The first-order valence-electron chi connectivity index (χ1n) is 12.1. The zero-order valence-corrected chi connectivity index (χ0v) is 19.6. The maximum atomic E-state index is 14.0. The van der Waals surface area contributed by atoms with Crippen molar-refractivity contribution in [3.05, 3.63) is 84.2 Å². The fourth-order valence-corrected chi connectivity index (χ4v) is 4.58. The number of hydrogen-bond acceptors (Lipinski definition) is 2. The van der Waals surface area contributed by atoms with E-state index in [0.717, 1.165) is 48.3 Å². The lowest BCUT2D eigenvalue weighted by Crippen LogP contribution is -2.47. The minimum atomic E-state index is -0.248. The Morgan fingerprint density at radius 2 is 1.55 bits per heavy atom. The van der Waals surface area contributed by atoms with Crippen molar-refractivity contribution in [2.24, 2.45) is 0 Å². The van der Waals surface area contributed by atoms with Crippen LogP contribution in [-0.2, 0) is 9.59 Å². The zero-order chi connectivity index (χ0) is 23.2. The van der Waals surface area contributed by atoms with Crippen LogP contribution in [0.2, 0.25) is 0 Å². The topological polar surface area (TPSA) is 45.6 Å². The molecule has 1 atom stereocenters. The molecule has 0 N–H and O–H groups in total. The summed E-state index contributed by atoms with van der Waals surface area (Å²) in [5, 5.41) is 0. The van der Waals surface area contributed by atoms with Gasteiger partial charge in [-0.1, -0.05) is 69.2 Å². The molecule has 1 aliphatic rings. The third-order valence-corrected chi connectivity index (χ3v) is 6.31. The molecule has 0 saturated heterocycles. The average molecular weight is 444 g/mol. The maximum absolute atomic E-state index is 14.0. The van der Waals surface area contributed by atoms with E-state index in [1.807, 2.05) is 59.6 Å². The first kappa shape index (κ1) is 22.8. The van der Waals surface area contributed by atoms with Crippen molar-refractivity contribution in [1.29, 1.82) is 0 Å². The minimum Gasteiger partial charge on any atom is -0.333 e. The molecule has 2 heterocycles. The van der Waals surface area contributed by atoms with E-state index in [0.29, 0.717) is 13.0 Å². The Bertz CT molecular complexity index is 1090. The molecule has 0 bridgehead atoms. The average Bonchev–Trinajstić information content (AvgIpc) is 3.34. The van der Waals surface area contributed by atoms with Crippen LogP contribution in [0, 0.1) is 0 Å². The van der Waals surface area contributed by atoms with Gasteiger partial charge in [0, 0.05) is 19.2 Å². The summed E-state index contributed by atoms with van der Waals surface area (Å²) in [6, 6.07) is 22.0. The molecular formula is C28H33N3O2. The molecule has 1 aliphatic heterocycles. The van der Waals surface area contributed by atoms with Gasteiger partial charge in [-0.15, -0.1) is 0 Å². The summed E-state index contributed by atoms with van der Waals surface area (Å²) < 4.78 is 2.16. The number of anilines is 1. The van der Waals surface area contributed by atoms with Crippen molar-refractivity contribution in [3.63, 3.8) is 0 Å². The van der Waals surface area contributed by atoms with Gasteiger partial charge in [-0.05, 0) is 42.7 Å². The quantitative estimate of drug-likeness (QED) is 0.424. The fourth-order valence-electron chi connectivity index (χ4n) is 4.58. The van der Waals surface area contributed by atoms with Crippen LogP contribution in [0.5, 0.6) is 0 Å². The molecule has 33 heavy (non-hydrogen) atoms. The standard InChI is InChI=1S/C28H33N3O2/c1-3-5-18-26(32)29(19-6-4-2)21-27(33)31-24-16-11-10-15-23(24)30-20-12-17-25(30)28(31)22-13-8-7-9-14-22/h7-17,20,28H,3-6,18-19,21H2,1-2H3. The number of hydrogen-bond donors (Lipinski definition) is 0. The summed E-state index contributed by atoms with van der Waals surface area (Å²) >= 11 is 0. The van der Waals surface area contributed by atoms with E-state index in [9.17, 15) is 9.59 Å². The monoisotopic (exact) mass is 443 g/mol. The van der Waals surface area contributed by atoms with Gasteiger partial charge in [0.2, 0.25) is 11.8 Å². The molecule has 1 unspecified atom stereocenters. The van der Waals surface area contributed by atoms with Crippen LogP contribution in [0.1, 0.15) is 63.3 Å². The molecule has 0 radical (unpaired) electrons. The van der Waals surface area contributed by atoms with Gasteiger partial charge >= 0.3 is 0 Å². The van der Waals surface area contributed by atoms with Gasteiger partial charge in [-0.25, -0.2) is 0 Å². The lowest BCUT2D eigenvalue weighted by molar-refractivity contribution is -0.135. The van der Waals surface area contributed by atoms with E-state index >= 15 is 0 Å². The van der Waals surface area contributed by atoms with Crippen LogP contribution < -0.4 is 4.90 Å². The second kappa shape index (κ2) is 10.5. The lowest BCUT2D eigenvalue weighted by atomic mass is 9.97. The highest BCUT2D eigenvalue weighted by Crippen LogP contribution is 2.42. The molecule has 0 saturated carbocycles. The van der Waals surface area contributed by atoms with Gasteiger partial charge in [-0.3, -0.25) is 14.5 Å². The number of fused-ring (bicyclic) bond motifs is 3. The molecule has 172 valence electrons. The van der Waals surface area contributed by atoms with Crippen LogP contribution in [0.25, 0.3) is 5.69 Å². The predicted molar refractivity (Wildman–Crippen MR) is 133 cm³/mol. The lowest BCUT2D eigenvalue weighted by Gasteiger charge is -2.39. The molecule has 5 nitrogen and oxygen atoms in total. The number of carbonyl (C=O) groups is 2. The second-order valence-electron chi connectivity index (χ2n) is 8.64. The smallest absolute Gasteiger partial charge is 0.247 e. The minimum absolute atomic E-state index is 0.0512. The van der Waals surface area contributed by atoms with Gasteiger partial charge in [0.25, 0.3) is 0 Å². The number of nitrogens with zero attached hydrogens (tertiary/aromatic N) is 3. The Kier molecular flexibility index (Phi) is 7.28. The van der Waals surface area contributed by atoms with Crippen LogP contribution in [0.15, 0.2) is 72.9 Å². The number of carbonyl (C=O) groups excluding carboxylic acids is 2. The molecule has 2 amide bonds. The highest BCUT2D eigenvalue weighted by atomic mass is 16.2. The summed E-state index contributed by atoms with van der Waals surface area (Å²) in [7, 11) is 0. The Labute approximate surface area is 196 Å². The van der Waals surface area contributed by atoms with Gasteiger partial charge in [0.05, 0.1) is 17.1 Å². The Balaban J connectivity index is 1.72. The molecule has 2 aromatic carbocycles. The predicted octanol–water partition coefficient (Wildman–Crippen LogP) is 5.73. The SMILES string of the molecule is CCCCC(=O)N(CCCC)CC(=O)N1c2ccccc2-n2cccc2C1c1ccccc1. The molecule has 0 aliphatic carbocycles. The summed E-state index contributed by atoms with van der Waals surface area (Å²) in [4.78, 5) is 30.5. The van der Waals surface area contributed by atoms with Crippen LogP contribution in [-0.4, -0.2) is 34.4 Å². The van der Waals surface area contributed by atoms with Gasteiger partial charge in [-0.2, -0.15) is 0 Å². The third-order valence-electron chi connectivity index (χ3n) is 6.31. The van der Waals surface area contributed by atoms with Crippen LogP contribution in [0.3, 0.4) is 0 Å². The van der Waals surface area contributed by atoms with E-state index in [1.165, 1.54) is 0 Å². The summed E-state index contributed by atoms with van der Waals surface area (Å²) in [6.45, 7) is 4.91. The van der Waals surface area contributed by atoms with Crippen molar-refractivity contribution in [3.8, 4) is 5.69 Å². The summed E-state index contributed by atoms with van der Waals surface area (Å²) in [5.41, 5.74) is 3.95. The van der Waals surface area contributed by atoms with Gasteiger partial charge < -0.3 is 9.47 Å². The van der Waals surface area contributed by atoms with E-state index in [2.05, 4.69) is 36.6 Å². The molecular weight excluding hydrogens is 410 g/mol. The van der Waals surface area contributed by atoms with Crippen molar-refractivity contribution < 1.29 is 9.59 Å². The van der Waals surface area contributed by atoms with Gasteiger partial charge in [0.15, 0.2) is 0 Å². The molecule has 5 heteroatoms. The maximum Gasteiger partial charge on any atom is 0.247 e. The van der Waals surface area contributed by atoms with E-state index in [4.69, 9.17) is 0 Å². The molecule has 1 aromatic heterocycles. The van der Waals surface area contributed by atoms with E-state index in [1.54, 1.807) is 4.90 Å².